The SMILES string of the molecule is COC1CN(C(=O)OC(C)C)CC1OC. The summed E-state index contributed by atoms with van der Waals surface area (Å²) in [4.78, 5) is 13.2. The van der Waals surface area contributed by atoms with Gasteiger partial charge in [-0.05, 0) is 13.8 Å². The second-order valence-corrected chi connectivity index (χ2v) is 3.89. The molecule has 1 fully saturated rings. The van der Waals surface area contributed by atoms with E-state index in [2.05, 4.69) is 0 Å². The Labute approximate surface area is 90.3 Å². The second kappa shape index (κ2) is 5.32. The molecule has 88 valence electrons. The number of carbonyl (C=O) groups excluding carboxylic acids is 1. The maximum Gasteiger partial charge on any atom is 0.410 e. The number of hydrogen-bond donors (Lipinski definition) is 0. The molecule has 2 unspecified atom stereocenters. The van der Waals surface area contributed by atoms with E-state index in [4.69, 9.17) is 14.2 Å². The number of rotatable bonds is 3. The second-order valence-electron chi connectivity index (χ2n) is 3.89. The van der Waals surface area contributed by atoms with E-state index >= 15 is 0 Å². The predicted octanol–water partition coefficient (Wildman–Crippen LogP) is 0.877. The molecule has 0 radical (unpaired) electrons. The molecule has 0 spiro atoms. The van der Waals surface area contributed by atoms with Gasteiger partial charge in [-0.25, -0.2) is 4.79 Å². The van der Waals surface area contributed by atoms with Gasteiger partial charge in [-0.2, -0.15) is 0 Å². The molecule has 0 aliphatic carbocycles. The summed E-state index contributed by atoms with van der Waals surface area (Å²) < 4.78 is 15.5. The largest absolute Gasteiger partial charge is 0.447 e. The van der Waals surface area contributed by atoms with E-state index in [1.807, 2.05) is 13.8 Å². The van der Waals surface area contributed by atoms with E-state index in [0.717, 1.165) is 0 Å². The first kappa shape index (κ1) is 12.3. The summed E-state index contributed by atoms with van der Waals surface area (Å²) in [5, 5.41) is 0. The van der Waals surface area contributed by atoms with Crippen molar-refractivity contribution in [1.29, 1.82) is 0 Å². The van der Waals surface area contributed by atoms with Crippen LogP contribution in [0.25, 0.3) is 0 Å². The Morgan fingerprint density at radius 3 is 2.00 bits per heavy atom. The molecule has 0 N–H and O–H groups in total. The monoisotopic (exact) mass is 217 g/mol. The molecule has 0 aromatic rings. The summed E-state index contributed by atoms with van der Waals surface area (Å²) in [6.45, 7) is 4.71. The molecular weight excluding hydrogens is 198 g/mol. The van der Waals surface area contributed by atoms with Gasteiger partial charge in [-0.1, -0.05) is 0 Å². The van der Waals surface area contributed by atoms with Gasteiger partial charge >= 0.3 is 6.09 Å². The van der Waals surface area contributed by atoms with Crippen molar-refractivity contribution in [2.24, 2.45) is 0 Å². The molecule has 0 bridgehead atoms. The predicted molar refractivity (Wildman–Crippen MR) is 54.8 cm³/mol. The third-order valence-corrected chi connectivity index (χ3v) is 2.42. The number of methoxy groups -OCH3 is 2. The van der Waals surface area contributed by atoms with E-state index in [1.165, 1.54) is 0 Å². The summed E-state index contributed by atoms with van der Waals surface area (Å²) in [5.41, 5.74) is 0. The molecule has 5 nitrogen and oxygen atoms in total. The third kappa shape index (κ3) is 3.07. The summed E-state index contributed by atoms with van der Waals surface area (Å²) in [6.07, 6.45) is -0.517. The number of carbonyl (C=O) groups is 1. The fourth-order valence-electron chi connectivity index (χ4n) is 1.62. The fourth-order valence-corrected chi connectivity index (χ4v) is 1.62. The molecule has 0 saturated carbocycles. The summed E-state index contributed by atoms with van der Waals surface area (Å²) in [7, 11) is 3.24. The van der Waals surface area contributed by atoms with Crippen molar-refractivity contribution >= 4 is 6.09 Å². The zero-order chi connectivity index (χ0) is 11.4. The first-order valence-electron chi connectivity index (χ1n) is 5.09. The normalized spacial score (nSPS) is 26.1. The number of nitrogens with zero attached hydrogens (tertiary/aromatic N) is 1. The van der Waals surface area contributed by atoms with Gasteiger partial charge < -0.3 is 19.1 Å². The Hall–Kier alpha value is -0.810. The number of likely N-dealkylation sites (tertiary alicyclic amines) is 1. The fraction of sp³-hybridized carbons (Fsp3) is 0.900. The Morgan fingerprint density at radius 2 is 1.67 bits per heavy atom. The van der Waals surface area contributed by atoms with Gasteiger partial charge in [-0.3, -0.25) is 0 Å². The van der Waals surface area contributed by atoms with Gasteiger partial charge in [0.25, 0.3) is 0 Å². The van der Waals surface area contributed by atoms with Crippen molar-refractivity contribution in [3.63, 3.8) is 0 Å². The first-order chi connectivity index (χ1) is 7.08. The van der Waals surface area contributed by atoms with E-state index in [-0.39, 0.29) is 24.4 Å². The quantitative estimate of drug-likeness (QED) is 0.704. The van der Waals surface area contributed by atoms with Crippen LogP contribution in [0.2, 0.25) is 0 Å². The molecule has 5 heteroatoms. The van der Waals surface area contributed by atoms with Gasteiger partial charge in [0, 0.05) is 14.2 Å². The molecule has 1 aliphatic heterocycles. The lowest BCUT2D eigenvalue weighted by Crippen LogP contribution is -2.32. The molecule has 15 heavy (non-hydrogen) atoms. The molecule has 1 saturated heterocycles. The van der Waals surface area contributed by atoms with Crippen molar-refractivity contribution < 1.29 is 19.0 Å². The Bertz CT molecular complexity index is 207. The summed E-state index contributed by atoms with van der Waals surface area (Å²) in [5.74, 6) is 0. The van der Waals surface area contributed by atoms with Crippen LogP contribution >= 0.6 is 0 Å². The van der Waals surface area contributed by atoms with E-state index in [1.54, 1.807) is 19.1 Å². The van der Waals surface area contributed by atoms with Crippen LogP contribution in [0.5, 0.6) is 0 Å². The van der Waals surface area contributed by atoms with Crippen LogP contribution < -0.4 is 0 Å². The number of ether oxygens (including phenoxy) is 3. The minimum absolute atomic E-state index is 0.0605. The van der Waals surface area contributed by atoms with Crippen molar-refractivity contribution in [2.75, 3.05) is 27.3 Å². The Morgan fingerprint density at radius 1 is 1.20 bits per heavy atom. The smallest absolute Gasteiger partial charge is 0.410 e. The lowest BCUT2D eigenvalue weighted by molar-refractivity contribution is -0.00461. The van der Waals surface area contributed by atoms with Gasteiger partial charge in [0.2, 0.25) is 0 Å². The maximum atomic E-state index is 11.6. The lowest BCUT2D eigenvalue weighted by atomic mass is 10.3. The average molecular weight is 217 g/mol. The van der Waals surface area contributed by atoms with Crippen LogP contribution in [0.4, 0.5) is 4.79 Å². The third-order valence-electron chi connectivity index (χ3n) is 2.42. The molecule has 1 rings (SSSR count). The topological polar surface area (TPSA) is 48.0 Å². The van der Waals surface area contributed by atoms with Crippen LogP contribution in [0.3, 0.4) is 0 Å². The molecule has 1 amide bonds. The highest BCUT2D eigenvalue weighted by Crippen LogP contribution is 2.16. The van der Waals surface area contributed by atoms with Gasteiger partial charge in [0.1, 0.15) is 12.2 Å². The average Bonchev–Trinajstić information content (AvgIpc) is 2.59. The summed E-state index contributed by atoms with van der Waals surface area (Å²) in [6, 6.07) is 0. The van der Waals surface area contributed by atoms with E-state index in [0.29, 0.717) is 13.1 Å². The highest BCUT2D eigenvalue weighted by molar-refractivity contribution is 5.68. The first-order valence-corrected chi connectivity index (χ1v) is 5.09. The lowest BCUT2D eigenvalue weighted by Gasteiger charge is -2.17. The van der Waals surface area contributed by atoms with E-state index < -0.39 is 0 Å². The van der Waals surface area contributed by atoms with E-state index in [9.17, 15) is 4.79 Å². The number of amides is 1. The number of hydrogen-bond acceptors (Lipinski definition) is 4. The zero-order valence-electron chi connectivity index (χ0n) is 9.73. The minimum Gasteiger partial charge on any atom is -0.447 e. The van der Waals surface area contributed by atoms with Crippen LogP contribution in [-0.2, 0) is 14.2 Å². The molecule has 0 aromatic heterocycles. The zero-order valence-corrected chi connectivity index (χ0v) is 9.73. The van der Waals surface area contributed by atoms with Gasteiger partial charge in [-0.15, -0.1) is 0 Å². The van der Waals surface area contributed by atoms with Crippen LogP contribution in [0.15, 0.2) is 0 Å². The van der Waals surface area contributed by atoms with Gasteiger partial charge in [0.05, 0.1) is 19.2 Å². The molecule has 1 aliphatic rings. The Balaban J connectivity index is 2.49. The molecular formula is C10H19NO4. The van der Waals surface area contributed by atoms with Crippen molar-refractivity contribution in [3.05, 3.63) is 0 Å². The van der Waals surface area contributed by atoms with Crippen molar-refractivity contribution in [1.82, 2.24) is 4.90 Å². The molecule has 2 atom stereocenters. The van der Waals surface area contributed by atoms with Crippen molar-refractivity contribution in [3.8, 4) is 0 Å². The minimum atomic E-state index is -0.299. The molecule has 1 heterocycles. The summed E-state index contributed by atoms with van der Waals surface area (Å²) >= 11 is 0. The highest BCUT2D eigenvalue weighted by Gasteiger charge is 2.36. The van der Waals surface area contributed by atoms with Crippen LogP contribution in [0, 0.1) is 0 Å². The van der Waals surface area contributed by atoms with Gasteiger partial charge in [0.15, 0.2) is 0 Å². The highest BCUT2D eigenvalue weighted by atomic mass is 16.6. The molecule has 0 aromatic carbocycles. The van der Waals surface area contributed by atoms with Crippen molar-refractivity contribution in [2.45, 2.75) is 32.2 Å². The van der Waals surface area contributed by atoms with Crippen LogP contribution in [-0.4, -0.2) is 56.6 Å². The Kier molecular flexibility index (Phi) is 4.35. The van der Waals surface area contributed by atoms with Crippen LogP contribution in [0.1, 0.15) is 13.8 Å². The maximum absolute atomic E-state index is 11.6. The standard InChI is InChI=1S/C10H19NO4/c1-7(2)15-10(12)11-5-8(13-3)9(6-11)14-4/h7-9H,5-6H2,1-4H3.